The molecule has 144 valence electrons. The van der Waals surface area contributed by atoms with Gasteiger partial charge in [0.05, 0.1) is 11.8 Å². The fourth-order valence-corrected chi connectivity index (χ4v) is 2.51. The van der Waals surface area contributed by atoms with Gasteiger partial charge < -0.3 is 15.1 Å². The van der Waals surface area contributed by atoms with Crippen molar-refractivity contribution in [2.24, 2.45) is 0 Å². The number of rotatable bonds is 4. The Balaban J connectivity index is 1.69. The van der Waals surface area contributed by atoms with Crippen LogP contribution in [0.25, 0.3) is 0 Å². The van der Waals surface area contributed by atoms with Crippen LogP contribution in [-0.4, -0.2) is 11.8 Å². The molecule has 0 radical (unpaired) electrons. The van der Waals surface area contributed by atoms with Gasteiger partial charge in [-0.1, -0.05) is 6.07 Å². The molecule has 28 heavy (non-hydrogen) atoms. The van der Waals surface area contributed by atoms with E-state index >= 15 is 0 Å². The molecule has 0 unspecified atom stereocenters. The van der Waals surface area contributed by atoms with Crippen LogP contribution in [-0.2, 0) is 6.18 Å². The predicted octanol–water partition coefficient (Wildman–Crippen LogP) is 5.11. The van der Waals surface area contributed by atoms with Crippen LogP contribution in [0, 0.1) is 6.92 Å². The highest BCUT2D eigenvalue weighted by Gasteiger charge is 2.32. The van der Waals surface area contributed by atoms with Gasteiger partial charge in [0, 0.05) is 16.9 Å². The smallest absolute Gasteiger partial charge is 0.416 e. The number of furan rings is 1. The minimum Gasteiger partial charge on any atom is -0.459 e. The molecule has 0 aliphatic rings. The van der Waals surface area contributed by atoms with E-state index in [0.717, 1.165) is 6.07 Å². The fourth-order valence-electron chi connectivity index (χ4n) is 2.51. The van der Waals surface area contributed by atoms with Crippen LogP contribution in [0.2, 0.25) is 0 Å². The Labute approximate surface area is 158 Å². The summed E-state index contributed by atoms with van der Waals surface area (Å²) in [7, 11) is 0. The maximum Gasteiger partial charge on any atom is 0.416 e. The molecule has 0 atom stereocenters. The molecule has 5 nitrogen and oxygen atoms in total. The lowest BCUT2D eigenvalue weighted by Crippen LogP contribution is -2.14. The molecule has 0 saturated heterocycles. The first kappa shape index (κ1) is 19.2. The third-order valence-corrected chi connectivity index (χ3v) is 3.95. The fraction of sp³-hybridized carbons (Fsp3) is 0.100. The summed E-state index contributed by atoms with van der Waals surface area (Å²) in [6.07, 6.45) is -3.13. The Kier molecular flexibility index (Phi) is 5.21. The zero-order chi connectivity index (χ0) is 20.3. The van der Waals surface area contributed by atoms with E-state index in [4.69, 9.17) is 4.42 Å². The second-order valence-electron chi connectivity index (χ2n) is 5.99. The van der Waals surface area contributed by atoms with Crippen molar-refractivity contribution in [1.82, 2.24) is 0 Å². The van der Waals surface area contributed by atoms with Gasteiger partial charge in [-0.05, 0) is 61.0 Å². The predicted molar refractivity (Wildman–Crippen MR) is 97.2 cm³/mol. The summed E-state index contributed by atoms with van der Waals surface area (Å²) in [6.45, 7) is 1.35. The zero-order valence-electron chi connectivity index (χ0n) is 14.6. The van der Waals surface area contributed by atoms with E-state index in [1.165, 1.54) is 55.7 Å². The Hall–Kier alpha value is -3.55. The van der Waals surface area contributed by atoms with Crippen LogP contribution >= 0.6 is 0 Å². The Morgan fingerprint density at radius 2 is 1.54 bits per heavy atom. The lowest BCUT2D eigenvalue weighted by Gasteiger charge is -2.13. The molecule has 8 heteroatoms. The van der Waals surface area contributed by atoms with Gasteiger partial charge in [0.25, 0.3) is 11.8 Å². The summed E-state index contributed by atoms with van der Waals surface area (Å²) >= 11 is 0. The minimum absolute atomic E-state index is 0.0399. The second kappa shape index (κ2) is 7.59. The highest BCUT2D eigenvalue weighted by Crippen LogP contribution is 2.33. The molecule has 0 aliphatic heterocycles. The number of hydrogen-bond donors (Lipinski definition) is 2. The van der Waals surface area contributed by atoms with Crippen molar-refractivity contribution in [3.63, 3.8) is 0 Å². The Bertz CT molecular complexity index is 995. The second-order valence-corrected chi connectivity index (χ2v) is 5.99. The Morgan fingerprint density at radius 3 is 2.14 bits per heavy atom. The van der Waals surface area contributed by atoms with Crippen molar-refractivity contribution in [3.8, 4) is 0 Å². The number of hydrogen-bond acceptors (Lipinski definition) is 3. The van der Waals surface area contributed by atoms with Crippen LogP contribution in [0.1, 0.15) is 32.0 Å². The van der Waals surface area contributed by atoms with E-state index in [9.17, 15) is 22.8 Å². The number of carbonyl (C=O) groups excluding carboxylic acids is 2. The van der Waals surface area contributed by atoms with Crippen LogP contribution < -0.4 is 10.6 Å². The average Bonchev–Trinajstić information content (AvgIpc) is 3.18. The van der Waals surface area contributed by atoms with Gasteiger partial charge in [0.1, 0.15) is 0 Å². The van der Waals surface area contributed by atoms with Crippen molar-refractivity contribution in [2.45, 2.75) is 13.1 Å². The van der Waals surface area contributed by atoms with Crippen molar-refractivity contribution in [2.75, 3.05) is 10.6 Å². The van der Waals surface area contributed by atoms with Gasteiger partial charge in [0.15, 0.2) is 5.76 Å². The van der Waals surface area contributed by atoms with Crippen molar-refractivity contribution >= 4 is 23.2 Å². The molecule has 2 amide bonds. The van der Waals surface area contributed by atoms with Gasteiger partial charge in [-0.25, -0.2) is 0 Å². The quantitative estimate of drug-likeness (QED) is 0.652. The minimum atomic E-state index is -4.50. The van der Waals surface area contributed by atoms with Crippen LogP contribution in [0.4, 0.5) is 24.5 Å². The third kappa shape index (κ3) is 4.40. The van der Waals surface area contributed by atoms with Crippen molar-refractivity contribution in [1.29, 1.82) is 0 Å². The molecule has 0 bridgehead atoms. The first-order valence-corrected chi connectivity index (χ1v) is 8.18. The molecular formula is C20H15F3N2O3. The molecule has 0 saturated carbocycles. The number of benzene rings is 2. The highest BCUT2D eigenvalue weighted by atomic mass is 19.4. The molecule has 3 rings (SSSR count). The maximum absolute atomic E-state index is 13.0. The number of alkyl halides is 3. The van der Waals surface area contributed by atoms with Crippen LogP contribution in [0.5, 0.6) is 0 Å². The lowest BCUT2D eigenvalue weighted by molar-refractivity contribution is -0.138. The first-order valence-electron chi connectivity index (χ1n) is 8.18. The van der Waals surface area contributed by atoms with E-state index in [0.29, 0.717) is 5.69 Å². The first-order chi connectivity index (χ1) is 13.2. The normalized spacial score (nSPS) is 11.1. The molecule has 1 heterocycles. The number of anilines is 2. The lowest BCUT2D eigenvalue weighted by atomic mass is 10.1. The molecular weight excluding hydrogens is 373 g/mol. The largest absolute Gasteiger partial charge is 0.459 e. The topological polar surface area (TPSA) is 71.3 Å². The average molecular weight is 388 g/mol. The van der Waals surface area contributed by atoms with E-state index in [1.54, 1.807) is 6.07 Å². The SMILES string of the molecule is Cc1ccc(NC(=O)c2ccc(NC(=O)c3ccco3)cc2)cc1C(F)(F)F. The van der Waals surface area contributed by atoms with E-state index in [-0.39, 0.29) is 22.6 Å². The molecule has 3 aromatic rings. The Morgan fingerprint density at radius 1 is 0.893 bits per heavy atom. The van der Waals surface area contributed by atoms with Gasteiger partial charge in [0.2, 0.25) is 0 Å². The molecule has 2 N–H and O–H groups in total. The van der Waals surface area contributed by atoms with Crippen LogP contribution in [0.15, 0.2) is 65.3 Å². The van der Waals surface area contributed by atoms with Gasteiger partial charge in [-0.3, -0.25) is 9.59 Å². The molecule has 1 aromatic heterocycles. The number of amides is 2. The summed E-state index contributed by atoms with van der Waals surface area (Å²) in [6, 6.07) is 12.6. The van der Waals surface area contributed by atoms with Crippen molar-refractivity contribution < 1.29 is 27.2 Å². The summed E-state index contributed by atoms with van der Waals surface area (Å²) in [5, 5.41) is 5.04. The van der Waals surface area contributed by atoms with Gasteiger partial charge in [-0.15, -0.1) is 0 Å². The molecule has 0 aliphatic carbocycles. The van der Waals surface area contributed by atoms with E-state index < -0.39 is 23.6 Å². The third-order valence-electron chi connectivity index (χ3n) is 3.95. The van der Waals surface area contributed by atoms with Gasteiger partial charge in [-0.2, -0.15) is 13.2 Å². The molecule has 0 fully saturated rings. The summed E-state index contributed by atoms with van der Waals surface area (Å²) < 4.78 is 43.9. The van der Waals surface area contributed by atoms with Crippen LogP contribution in [0.3, 0.4) is 0 Å². The standard InChI is InChI=1S/C20H15F3N2O3/c1-12-4-7-15(11-16(12)20(21,22)23)25-18(26)13-5-8-14(9-6-13)24-19(27)17-3-2-10-28-17/h2-11H,1H3,(H,24,27)(H,25,26). The summed E-state index contributed by atoms with van der Waals surface area (Å²) in [4.78, 5) is 24.2. The maximum atomic E-state index is 13.0. The molecule has 0 spiro atoms. The van der Waals surface area contributed by atoms with Crippen molar-refractivity contribution in [3.05, 3.63) is 83.3 Å². The summed E-state index contributed by atoms with van der Waals surface area (Å²) in [5.41, 5.74) is -0.0284. The number of carbonyl (C=O) groups is 2. The van der Waals surface area contributed by atoms with Gasteiger partial charge >= 0.3 is 6.18 Å². The number of halogens is 3. The van der Waals surface area contributed by atoms with E-state index in [1.807, 2.05) is 0 Å². The monoisotopic (exact) mass is 388 g/mol. The zero-order valence-corrected chi connectivity index (χ0v) is 14.6. The number of aryl methyl sites for hydroxylation is 1. The number of nitrogens with one attached hydrogen (secondary N) is 2. The highest BCUT2D eigenvalue weighted by molar-refractivity contribution is 6.05. The van der Waals surface area contributed by atoms with E-state index in [2.05, 4.69) is 10.6 Å². The summed E-state index contributed by atoms with van der Waals surface area (Å²) in [5.74, 6) is -0.871. The molecule has 2 aromatic carbocycles.